The predicted octanol–water partition coefficient (Wildman–Crippen LogP) is 2.92. The van der Waals surface area contributed by atoms with Crippen LogP contribution < -0.4 is 0 Å². The van der Waals surface area contributed by atoms with E-state index in [1.807, 2.05) is 0 Å². The molecule has 3 nitrogen and oxygen atoms in total. The third-order valence-electron chi connectivity index (χ3n) is 1.37. The summed E-state index contributed by atoms with van der Waals surface area (Å²) >= 11 is 6.82. The number of thiophene rings is 1. The summed E-state index contributed by atoms with van der Waals surface area (Å²) in [6.45, 7) is 0. The van der Waals surface area contributed by atoms with Gasteiger partial charge in [0.05, 0.1) is 3.79 Å². The zero-order chi connectivity index (χ0) is 9.10. The zero-order valence-corrected chi connectivity index (χ0v) is 9.75. The number of thioether (sulfide) groups is 1. The van der Waals surface area contributed by atoms with E-state index in [0.29, 0.717) is 0 Å². The minimum absolute atomic E-state index is 0.865. The summed E-state index contributed by atoms with van der Waals surface area (Å²) in [5, 5.41) is 7.45. The molecule has 0 saturated heterocycles. The van der Waals surface area contributed by atoms with Crippen LogP contribution in [0.25, 0.3) is 0 Å². The summed E-state index contributed by atoms with van der Waals surface area (Å²) in [5.74, 6) is 0.936. The van der Waals surface area contributed by atoms with Crippen molar-refractivity contribution in [1.82, 2.24) is 15.2 Å². The highest BCUT2D eigenvalue weighted by Gasteiger charge is 2.00. The van der Waals surface area contributed by atoms with Gasteiger partial charge in [-0.25, -0.2) is 4.98 Å². The third-order valence-corrected chi connectivity index (χ3v) is 4.10. The summed E-state index contributed by atoms with van der Waals surface area (Å²) in [4.78, 5) is 5.35. The maximum atomic E-state index is 4.03. The van der Waals surface area contributed by atoms with E-state index in [4.69, 9.17) is 0 Å². The molecule has 2 rings (SSSR count). The summed E-state index contributed by atoms with van der Waals surface area (Å²) in [6.07, 6.45) is 1.52. The van der Waals surface area contributed by atoms with Gasteiger partial charge in [0.15, 0.2) is 5.16 Å². The maximum Gasteiger partial charge on any atom is 0.183 e. The summed E-state index contributed by atoms with van der Waals surface area (Å²) in [6, 6.07) is 4.17. The van der Waals surface area contributed by atoms with Gasteiger partial charge in [0.2, 0.25) is 0 Å². The molecule has 0 radical (unpaired) electrons. The van der Waals surface area contributed by atoms with Crippen LogP contribution in [0.3, 0.4) is 0 Å². The first-order valence-electron chi connectivity index (χ1n) is 3.57. The molecule has 68 valence electrons. The van der Waals surface area contributed by atoms with E-state index < -0.39 is 0 Å². The predicted molar refractivity (Wildman–Crippen MR) is 58.0 cm³/mol. The van der Waals surface area contributed by atoms with Crippen LogP contribution in [0.5, 0.6) is 0 Å². The fourth-order valence-electron chi connectivity index (χ4n) is 0.833. The smallest absolute Gasteiger partial charge is 0.183 e. The van der Waals surface area contributed by atoms with Gasteiger partial charge in [0, 0.05) is 10.6 Å². The van der Waals surface area contributed by atoms with Gasteiger partial charge in [-0.1, -0.05) is 11.8 Å². The number of hydrogen-bond donors (Lipinski definition) is 1. The molecular formula is C7H6BrN3S2. The monoisotopic (exact) mass is 275 g/mol. The second-order valence-electron chi connectivity index (χ2n) is 2.29. The van der Waals surface area contributed by atoms with E-state index in [9.17, 15) is 0 Å². The molecule has 2 aromatic rings. The van der Waals surface area contributed by atoms with Crippen molar-refractivity contribution in [3.63, 3.8) is 0 Å². The second kappa shape index (κ2) is 4.26. The van der Waals surface area contributed by atoms with Crippen molar-refractivity contribution < 1.29 is 0 Å². The Morgan fingerprint density at radius 2 is 2.46 bits per heavy atom. The van der Waals surface area contributed by atoms with Crippen molar-refractivity contribution >= 4 is 39.0 Å². The van der Waals surface area contributed by atoms with Crippen LogP contribution in [0, 0.1) is 0 Å². The number of rotatable bonds is 3. The average Bonchev–Trinajstić information content (AvgIpc) is 2.71. The van der Waals surface area contributed by atoms with Crippen LogP contribution in [0.15, 0.2) is 27.4 Å². The van der Waals surface area contributed by atoms with E-state index in [0.717, 1.165) is 10.9 Å². The Balaban J connectivity index is 1.93. The maximum absolute atomic E-state index is 4.03. The number of nitrogens with zero attached hydrogens (tertiary/aromatic N) is 2. The molecule has 6 heteroatoms. The molecule has 2 heterocycles. The first kappa shape index (κ1) is 9.23. The van der Waals surface area contributed by atoms with E-state index in [1.54, 1.807) is 23.1 Å². The fourth-order valence-corrected chi connectivity index (χ4v) is 3.14. The molecule has 0 aliphatic carbocycles. The molecule has 13 heavy (non-hydrogen) atoms. The van der Waals surface area contributed by atoms with Gasteiger partial charge in [-0.15, -0.1) is 11.3 Å². The highest BCUT2D eigenvalue weighted by Crippen LogP contribution is 2.27. The number of nitrogens with one attached hydrogen (secondary N) is 1. The quantitative estimate of drug-likeness (QED) is 0.876. The highest BCUT2D eigenvalue weighted by atomic mass is 79.9. The van der Waals surface area contributed by atoms with Crippen LogP contribution in [0.2, 0.25) is 0 Å². The first-order valence-corrected chi connectivity index (χ1v) is 6.16. The molecule has 0 saturated carbocycles. The molecule has 0 aromatic carbocycles. The van der Waals surface area contributed by atoms with Gasteiger partial charge in [-0.3, -0.25) is 5.10 Å². The number of halogens is 1. The Labute approximate surface area is 92.1 Å². The lowest BCUT2D eigenvalue weighted by atomic mass is 10.5. The van der Waals surface area contributed by atoms with E-state index >= 15 is 0 Å². The molecule has 2 aromatic heterocycles. The van der Waals surface area contributed by atoms with Gasteiger partial charge < -0.3 is 0 Å². The van der Waals surface area contributed by atoms with Crippen LogP contribution >= 0.6 is 39.0 Å². The van der Waals surface area contributed by atoms with Gasteiger partial charge in [-0.05, 0) is 28.1 Å². The molecular weight excluding hydrogens is 270 g/mol. The Morgan fingerprint density at radius 1 is 1.54 bits per heavy atom. The molecule has 0 spiro atoms. The van der Waals surface area contributed by atoms with Crippen molar-refractivity contribution in [2.24, 2.45) is 0 Å². The van der Waals surface area contributed by atoms with Gasteiger partial charge in [0.25, 0.3) is 0 Å². The fraction of sp³-hybridized carbons (Fsp3) is 0.143. The molecule has 0 bridgehead atoms. The average molecular weight is 276 g/mol. The number of hydrogen-bond acceptors (Lipinski definition) is 4. The minimum Gasteiger partial charge on any atom is -0.254 e. The Morgan fingerprint density at radius 3 is 3.08 bits per heavy atom. The van der Waals surface area contributed by atoms with Crippen molar-refractivity contribution in [2.45, 2.75) is 10.9 Å². The Kier molecular flexibility index (Phi) is 3.02. The minimum atomic E-state index is 0.865. The normalized spacial score (nSPS) is 10.5. The first-order chi connectivity index (χ1) is 6.34. The standard InChI is InChI=1S/C7H6BrN3S2/c8-6-2-1-5(13-6)3-12-7-9-4-10-11-7/h1-2,4H,3H2,(H,9,10,11). The topological polar surface area (TPSA) is 41.6 Å². The number of H-pyrrole nitrogens is 1. The van der Waals surface area contributed by atoms with Gasteiger partial charge in [-0.2, -0.15) is 5.10 Å². The largest absolute Gasteiger partial charge is 0.254 e. The summed E-state index contributed by atoms with van der Waals surface area (Å²) in [7, 11) is 0. The molecule has 0 amide bonds. The van der Waals surface area contributed by atoms with Gasteiger partial charge in [0.1, 0.15) is 6.33 Å². The van der Waals surface area contributed by atoms with E-state index in [1.165, 1.54) is 15.0 Å². The second-order valence-corrected chi connectivity index (χ2v) is 5.80. The van der Waals surface area contributed by atoms with Crippen molar-refractivity contribution in [1.29, 1.82) is 0 Å². The number of aromatic amines is 1. The van der Waals surface area contributed by atoms with Crippen LogP contribution in [0.1, 0.15) is 4.88 Å². The van der Waals surface area contributed by atoms with Crippen molar-refractivity contribution in [2.75, 3.05) is 0 Å². The zero-order valence-electron chi connectivity index (χ0n) is 6.53. The molecule has 1 N–H and O–H groups in total. The highest BCUT2D eigenvalue weighted by molar-refractivity contribution is 9.11. The lowest BCUT2D eigenvalue weighted by Crippen LogP contribution is -1.76. The number of aromatic nitrogens is 3. The SMILES string of the molecule is Brc1ccc(CSc2ncn[nH]2)s1. The molecule has 0 atom stereocenters. The van der Waals surface area contributed by atoms with Crippen molar-refractivity contribution in [3.05, 3.63) is 27.1 Å². The van der Waals surface area contributed by atoms with Crippen molar-refractivity contribution in [3.8, 4) is 0 Å². The Hall–Kier alpha value is -0.330. The van der Waals surface area contributed by atoms with E-state index in [2.05, 4.69) is 43.2 Å². The lowest BCUT2D eigenvalue weighted by Gasteiger charge is -1.92. The van der Waals surface area contributed by atoms with Gasteiger partial charge >= 0.3 is 0 Å². The Bertz CT molecular complexity index is 371. The summed E-state index contributed by atoms with van der Waals surface area (Å²) in [5.41, 5.74) is 0. The summed E-state index contributed by atoms with van der Waals surface area (Å²) < 4.78 is 1.17. The van der Waals surface area contributed by atoms with E-state index in [-0.39, 0.29) is 0 Å². The van der Waals surface area contributed by atoms with Crippen LogP contribution in [0.4, 0.5) is 0 Å². The third kappa shape index (κ3) is 2.55. The molecule has 0 unspecified atom stereocenters. The molecule has 0 aliphatic heterocycles. The lowest BCUT2D eigenvalue weighted by molar-refractivity contribution is 0.973. The molecule has 0 aliphatic rings. The molecule has 0 fully saturated rings. The van der Waals surface area contributed by atoms with Crippen LogP contribution in [-0.4, -0.2) is 15.2 Å². The van der Waals surface area contributed by atoms with Crippen LogP contribution in [-0.2, 0) is 5.75 Å².